The van der Waals surface area contributed by atoms with E-state index >= 15 is 0 Å². The Morgan fingerprint density at radius 3 is 1.40 bits per heavy atom. The summed E-state index contributed by atoms with van der Waals surface area (Å²) in [6.45, 7) is 3.81. The van der Waals surface area contributed by atoms with Crippen LogP contribution in [0.5, 0.6) is 0 Å². The van der Waals surface area contributed by atoms with Crippen molar-refractivity contribution in [3.63, 3.8) is 0 Å². The number of H-pyrrole nitrogens is 2. The molecule has 0 radical (unpaired) electrons. The number of imidazole rings is 2. The van der Waals surface area contributed by atoms with Crippen molar-refractivity contribution < 1.29 is 0 Å². The van der Waals surface area contributed by atoms with E-state index in [0.717, 1.165) is 11.1 Å². The summed E-state index contributed by atoms with van der Waals surface area (Å²) in [5, 5.41) is 17.8. The SMILES string of the molecule is C[C@@H](c1ccccc1)n1c(=O)[nH]c2ncc(C#N)nc21.C[C@@H](c1ccccc1)n1c(=O)[nH]c2ncc(C#N)nc21. The van der Waals surface area contributed by atoms with E-state index in [4.69, 9.17) is 10.5 Å². The molecule has 0 aliphatic rings. The van der Waals surface area contributed by atoms with E-state index < -0.39 is 0 Å². The number of hydrogen-bond donors (Lipinski definition) is 2. The summed E-state index contributed by atoms with van der Waals surface area (Å²) < 4.78 is 3.02. The molecular formula is C28H22N10O2. The Balaban J connectivity index is 0.000000161. The van der Waals surface area contributed by atoms with Crippen LogP contribution in [0.25, 0.3) is 22.6 Å². The highest BCUT2D eigenvalue weighted by Gasteiger charge is 2.18. The topological polar surface area (TPSA) is 175 Å². The minimum Gasteiger partial charge on any atom is -0.289 e. The quantitative estimate of drug-likeness (QED) is 0.349. The number of nitriles is 2. The Morgan fingerprint density at radius 2 is 1.05 bits per heavy atom. The largest absolute Gasteiger partial charge is 0.329 e. The maximum atomic E-state index is 12.1. The molecule has 12 heteroatoms. The van der Waals surface area contributed by atoms with Gasteiger partial charge in [0.15, 0.2) is 34.0 Å². The molecule has 0 saturated carbocycles. The Morgan fingerprint density at radius 1 is 0.675 bits per heavy atom. The van der Waals surface area contributed by atoms with Crippen LogP contribution in [0.2, 0.25) is 0 Å². The molecule has 6 rings (SSSR count). The van der Waals surface area contributed by atoms with Crippen LogP contribution >= 0.6 is 0 Å². The van der Waals surface area contributed by atoms with Crippen LogP contribution in [0.4, 0.5) is 0 Å². The molecule has 12 nitrogen and oxygen atoms in total. The maximum Gasteiger partial charge on any atom is 0.329 e. The van der Waals surface area contributed by atoms with Gasteiger partial charge in [-0.15, -0.1) is 0 Å². The van der Waals surface area contributed by atoms with Gasteiger partial charge in [-0.2, -0.15) is 10.5 Å². The van der Waals surface area contributed by atoms with Crippen LogP contribution in [-0.2, 0) is 0 Å². The average Bonchev–Trinajstić information content (AvgIpc) is 3.51. The monoisotopic (exact) mass is 530 g/mol. The Kier molecular flexibility index (Phi) is 6.99. The Labute approximate surface area is 226 Å². The molecule has 2 N–H and O–H groups in total. The lowest BCUT2D eigenvalue weighted by Gasteiger charge is -2.13. The zero-order valence-corrected chi connectivity index (χ0v) is 21.5. The van der Waals surface area contributed by atoms with Gasteiger partial charge in [-0.3, -0.25) is 19.1 Å². The Hall–Kier alpha value is -5.88. The highest BCUT2D eigenvalue weighted by molar-refractivity contribution is 5.67. The van der Waals surface area contributed by atoms with Crippen molar-refractivity contribution in [2.75, 3.05) is 0 Å². The van der Waals surface area contributed by atoms with Crippen molar-refractivity contribution in [1.29, 1.82) is 10.5 Å². The molecule has 4 heterocycles. The molecule has 2 atom stereocenters. The van der Waals surface area contributed by atoms with E-state index in [2.05, 4.69) is 29.9 Å². The van der Waals surface area contributed by atoms with Crippen LogP contribution in [0.3, 0.4) is 0 Å². The third kappa shape index (κ3) is 4.85. The van der Waals surface area contributed by atoms with Crippen LogP contribution in [0.15, 0.2) is 82.6 Å². The van der Waals surface area contributed by atoms with Gasteiger partial charge < -0.3 is 0 Å². The lowest BCUT2D eigenvalue weighted by Crippen LogP contribution is -2.21. The van der Waals surface area contributed by atoms with Crippen LogP contribution in [-0.4, -0.2) is 39.0 Å². The van der Waals surface area contributed by atoms with Crippen molar-refractivity contribution in [1.82, 2.24) is 39.0 Å². The molecular weight excluding hydrogens is 508 g/mol. The summed E-state index contributed by atoms with van der Waals surface area (Å²) in [5.41, 5.74) is 3.33. The lowest BCUT2D eigenvalue weighted by molar-refractivity contribution is 0.630. The van der Waals surface area contributed by atoms with Gasteiger partial charge in [0.05, 0.1) is 24.5 Å². The van der Waals surface area contributed by atoms with Crippen LogP contribution < -0.4 is 11.4 Å². The summed E-state index contributed by atoms with van der Waals surface area (Å²) in [6.07, 6.45) is 2.69. The van der Waals surface area contributed by atoms with Crippen molar-refractivity contribution >= 4 is 22.6 Å². The third-order valence-electron chi connectivity index (χ3n) is 6.42. The number of aromatic amines is 2. The van der Waals surface area contributed by atoms with E-state index in [1.54, 1.807) is 0 Å². The predicted octanol–water partition coefficient (Wildman–Crippen LogP) is 3.20. The second-order valence-electron chi connectivity index (χ2n) is 8.85. The molecule has 0 saturated heterocycles. The number of hydrogen-bond acceptors (Lipinski definition) is 8. The molecule has 0 aliphatic heterocycles. The summed E-state index contributed by atoms with van der Waals surface area (Å²) in [7, 11) is 0. The fourth-order valence-corrected chi connectivity index (χ4v) is 4.37. The number of aromatic nitrogens is 8. The second-order valence-corrected chi connectivity index (χ2v) is 8.85. The molecule has 0 spiro atoms. The lowest BCUT2D eigenvalue weighted by atomic mass is 10.1. The van der Waals surface area contributed by atoms with Crippen molar-refractivity contribution in [3.05, 3.63) is 117 Å². The molecule has 0 bridgehead atoms. The number of nitrogens with one attached hydrogen (secondary N) is 2. The number of rotatable bonds is 4. The van der Waals surface area contributed by atoms with Gasteiger partial charge in [0, 0.05) is 0 Å². The number of benzene rings is 2. The summed E-state index contributed by atoms with van der Waals surface area (Å²) in [6, 6.07) is 22.7. The first-order chi connectivity index (χ1) is 19.4. The summed E-state index contributed by atoms with van der Waals surface area (Å²) >= 11 is 0. The molecule has 0 unspecified atom stereocenters. The maximum absolute atomic E-state index is 12.1. The minimum absolute atomic E-state index is 0.186. The van der Waals surface area contributed by atoms with Crippen molar-refractivity contribution in [2.45, 2.75) is 25.9 Å². The zero-order chi connectivity index (χ0) is 28.2. The van der Waals surface area contributed by atoms with E-state index in [1.807, 2.05) is 86.6 Å². The van der Waals surface area contributed by atoms with Crippen LogP contribution in [0.1, 0.15) is 48.4 Å². The van der Waals surface area contributed by atoms with E-state index in [9.17, 15) is 9.59 Å². The molecule has 0 amide bonds. The van der Waals surface area contributed by atoms with E-state index in [1.165, 1.54) is 21.5 Å². The van der Waals surface area contributed by atoms with Gasteiger partial charge >= 0.3 is 11.4 Å². The predicted molar refractivity (Wildman–Crippen MR) is 146 cm³/mol. The molecule has 2 aromatic carbocycles. The van der Waals surface area contributed by atoms with E-state index in [0.29, 0.717) is 22.6 Å². The van der Waals surface area contributed by atoms with Crippen LogP contribution in [0, 0.1) is 22.7 Å². The first-order valence-corrected chi connectivity index (χ1v) is 12.3. The summed E-state index contributed by atoms with van der Waals surface area (Å²) in [4.78, 5) is 45.9. The first-order valence-electron chi connectivity index (χ1n) is 12.3. The van der Waals surface area contributed by atoms with Gasteiger partial charge in [-0.25, -0.2) is 29.5 Å². The minimum atomic E-state index is -0.286. The van der Waals surface area contributed by atoms with Crippen molar-refractivity contribution in [3.8, 4) is 12.1 Å². The fourth-order valence-electron chi connectivity index (χ4n) is 4.37. The molecule has 6 aromatic rings. The molecule has 4 aromatic heterocycles. The number of fused-ring (bicyclic) bond motifs is 2. The second kappa shape index (κ2) is 10.8. The third-order valence-corrected chi connectivity index (χ3v) is 6.42. The summed E-state index contributed by atoms with van der Waals surface area (Å²) in [5.74, 6) is 0. The molecule has 196 valence electrons. The number of nitrogens with zero attached hydrogens (tertiary/aromatic N) is 8. The molecule has 0 fully saturated rings. The van der Waals surface area contributed by atoms with Gasteiger partial charge in [0.1, 0.15) is 12.1 Å². The van der Waals surface area contributed by atoms with Gasteiger partial charge in [-0.05, 0) is 25.0 Å². The molecule has 40 heavy (non-hydrogen) atoms. The first kappa shape index (κ1) is 25.8. The smallest absolute Gasteiger partial charge is 0.289 e. The Bertz CT molecular complexity index is 1860. The average molecular weight is 531 g/mol. The van der Waals surface area contributed by atoms with Gasteiger partial charge in [0.25, 0.3) is 0 Å². The zero-order valence-electron chi connectivity index (χ0n) is 21.5. The van der Waals surface area contributed by atoms with Gasteiger partial charge in [-0.1, -0.05) is 60.7 Å². The highest BCUT2D eigenvalue weighted by atomic mass is 16.1. The highest BCUT2D eigenvalue weighted by Crippen LogP contribution is 2.20. The fraction of sp³-hybridized carbons (Fsp3) is 0.143. The standard InChI is InChI=1S/2C14H11N5O/c2*1-9(10-5-3-2-4-6-10)19-13-12(18-14(19)20)16-8-11(7-15)17-13/h2*2-6,8-9H,1H3,(H,16,18,20)/t2*9-/m00/s1. The van der Waals surface area contributed by atoms with Crippen molar-refractivity contribution in [2.24, 2.45) is 0 Å². The normalized spacial score (nSPS) is 12.2. The van der Waals surface area contributed by atoms with E-state index in [-0.39, 0.29) is 34.9 Å². The van der Waals surface area contributed by atoms with Gasteiger partial charge in [0.2, 0.25) is 0 Å². The molecule has 0 aliphatic carbocycles.